The van der Waals surface area contributed by atoms with Crippen molar-refractivity contribution < 1.29 is 17.9 Å². The molecule has 0 radical (unpaired) electrons. The van der Waals surface area contributed by atoms with E-state index in [-0.39, 0.29) is 12.1 Å². The Kier molecular flexibility index (Phi) is 8.01. The fraction of sp³-hybridized carbons (Fsp3) is 0.520. The summed E-state index contributed by atoms with van der Waals surface area (Å²) in [4.78, 5) is 27.8. The van der Waals surface area contributed by atoms with Crippen LogP contribution >= 0.6 is 24.0 Å². The first-order chi connectivity index (χ1) is 17.4. The van der Waals surface area contributed by atoms with Crippen molar-refractivity contribution >= 4 is 61.6 Å². The predicted octanol–water partition coefficient (Wildman–Crippen LogP) is 4.43. The average molecular weight is 564 g/mol. The Morgan fingerprint density at radius 1 is 1.16 bits per heavy atom. The molecule has 0 saturated carbocycles. The molecular formula is C25H33N5O4S3. The van der Waals surface area contributed by atoms with Crippen LogP contribution in [0.3, 0.4) is 0 Å². The van der Waals surface area contributed by atoms with E-state index in [0.29, 0.717) is 34.7 Å². The van der Waals surface area contributed by atoms with E-state index >= 15 is 0 Å². The molecule has 9 nitrogen and oxygen atoms in total. The number of carbonyl (C=O) groups is 1. The lowest BCUT2D eigenvalue weighted by molar-refractivity contribution is 0.0207. The normalized spacial score (nSPS) is 16.5. The number of hydrogen-bond acceptors (Lipinski definition) is 9. The lowest BCUT2D eigenvalue weighted by atomic mass is 10.0. The zero-order chi connectivity index (χ0) is 27.0. The monoisotopic (exact) mass is 563 g/mol. The van der Waals surface area contributed by atoms with E-state index in [4.69, 9.17) is 17.0 Å². The molecular weight excluding hydrogens is 531 g/mol. The zero-order valence-electron chi connectivity index (χ0n) is 21.8. The summed E-state index contributed by atoms with van der Waals surface area (Å²) >= 11 is 7.22. The molecule has 200 valence electrons. The summed E-state index contributed by atoms with van der Waals surface area (Å²) in [7, 11) is -3.27. The largest absolute Gasteiger partial charge is 0.444 e. The first-order valence-electron chi connectivity index (χ1n) is 12.1. The van der Waals surface area contributed by atoms with Crippen LogP contribution in [0.1, 0.15) is 39.2 Å². The lowest BCUT2D eigenvalue weighted by Gasteiger charge is -2.39. The molecule has 1 fully saturated rings. The number of carbonyl (C=O) groups excluding carboxylic acids is 1. The highest BCUT2D eigenvalue weighted by Gasteiger charge is 2.32. The summed E-state index contributed by atoms with van der Waals surface area (Å²) in [5.41, 5.74) is 1.40. The Morgan fingerprint density at radius 3 is 2.49 bits per heavy atom. The number of fused-ring (bicyclic) bond motifs is 1. The average Bonchev–Trinajstić information content (AvgIpc) is 3.26. The van der Waals surface area contributed by atoms with Crippen molar-refractivity contribution in [2.24, 2.45) is 0 Å². The number of likely N-dealkylation sites (tertiary alicyclic amines) is 1. The van der Waals surface area contributed by atoms with Gasteiger partial charge >= 0.3 is 6.09 Å². The maximum atomic E-state index is 12.5. The third kappa shape index (κ3) is 6.35. The van der Waals surface area contributed by atoms with Crippen LogP contribution in [-0.2, 0) is 21.0 Å². The molecule has 0 spiro atoms. The molecule has 2 aliphatic rings. The van der Waals surface area contributed by atoms with Crippen molar-refractivity contribution in [2.75, 3.05) is 41.9 Å². The van der Waals surface area contributed by atoms with Gasteiger partial charge in [0.05, 0.1) is 4.90 Å². The minimum atomic E-state index is -3.27. The number of amides is 1. The summed E-state index contributed by atoms with van der Waals surface area (Å²) in [6, 6.07) is 7.26. The Morgan fingerprint density at radius 2 is 1.86 bits per heavy atom. The highest BCUT2D eigenvalue weighted by Crippen LogP contribution is 2.36. The molecule has 2 aromatic rings. The lowest BCUT2D eigenvalue weighted by Crippen LogP contribution is -2.49. The molecule has 0 N–H and O–H groups in total. The molecule has 1 amide bonds. The van der Waals surface area contributed by atoms with E-state index in [9.17, 15) is 13.2 Å². The van der Waals surface area contributed by atoms with Gasteiger partial charge in [-0.15, -0.1) is 0 Å². The van der Waals surface area contributed by atoms with Crippen LogP contribution in [0, 0.1) is 0 Å². The van der Waals surface area contributed by atoms with Gasteiger partial charge in [-0.25, -0.2) is 23.2 Å². The van der Waals surface area contributed by atoms with Crippen LogP contribution in [-0.4, -0.2) is 77.5 Å². The minimum Gasteiger partial charge on any atom is -0.444 e. The van der Waals surface area contributed by atoms with E-state index in [2.05, 4.69) is 19.8 Å². The molecule has 0 aliphatic carbocycles. The number of sulfone groups is 1. The van der Waals surface area contributed by atoms with Crippen LogP contribution < -0.4 is 9.80 Å². The second-order valence-corrected chi connectivity index (χ2v) is 13.7. The van der Waals surface area contributed by atoms with Gasteiger partial charge < -0.3 is 19.4 Å². The number of thiocarbonyl (C=S) groups is 1. The van der Waals surface area contributed by atoms with Gasteiger partial charge in [-0.3, -0.25) is 0 Å². The third-order valence-corrected chi connectivity index (χ3v) is 8.74. The molecule has 0 unspecified atom stereocenters. The first-order valence-corrected chi connectivity index (χ1v) is 15.7. The van der Waals surface area contributed by atoms with Gasteiger partial charge in [-0.05, 0) is 70.1 Å². The van der Waals surface area contributed by atoms with E-state index in [0.717, 1.165) is 36.3 Å². The highest BCUT2D eigenvalue weighted by molar-refractivity contribution is 8.22. The van der Waals surface area contributed by atoms with Crippen LogP contribution in [0.5, 0.6) is 0 Å². The number of hydrogen-bond donors (Lipinski definition) is 0. The molecule has 1 saturated heterocycles. The van der Waals surface area contributed by atoms with Gasteiger partial charge in [0, 0.05) is 43.7 Å². The standard InChI is InChI=1S/C25H33N5O4S3/c1-25(2,3)34-23(31)28-11-9-18(10-12-28)30(24(35)36-4)22-15-21(26-16-27-22)29-13-8-17-14-19(37(5,32)33)6-7-20(17)29/h6-7,14-16,18H,8-13H2,1-5H3. The summed E-state index contributed by atoms with van der Waals surface area (Å²) in [5, 5.41) is 0. The van der Waals surface area contributed by atoms with Crippen molar-refractivity contribution in [1.82, 2.24) is 14.9 Å². The summed E-state index contributed by atoms with van der Waals surface area (Å²) < 4.78 is 30.2. The Balaban J connectivity index is 1.55. The van der Waals surface area contributed by atoms with Crippen molar-refractivity contribution in [3.63, 3.8) is 0 Å². The summed E-state index contributed by atoms with van der Waals surface area (Å²) in [6.45, 7) is 7.45. The number of thioether (sulfide) groups is 1. The molecule has 12 heteroatoms. The van der Waals surface area contributed by atoms with Crippen LogP contribution in [0.4, 0.5) is 22.1 Å². The maximum absolute atomic E-state index is 12.5. The molecule has 1 aromatic carbocycles. The topological polar surface area (TPSA) is 95.9 Å². The number of anilines is 3. The van der Waals surface area contributed by atoms with Gasteiger partial charge in [0.1, 0.15) is 27.9 Å². The molecule has 3 heterocycles. The number of nitrogens with zero attached hydrogens (tertiary/aromatic N) is 5. The number of rotatable bonds is 4. The molecule has 1 aromatic heterocycles. The number of piperidine rings is 1. The number of benzene rings is 1. The van der Waals surface area contributed by atoms with Crippen LogP contribution in [0.25, 0.3) is 0 Å². The second kappa shape index (κ2) is 10.7. The van der Waals surface area contributed by atoms with E-state index in [1.165, 1.54) is 18.0 Å². The van der Waals surface area contributed by atoms with Crippen LogP contribution in [0.15, 0.2) is 35.5 Å². The van der Waals surface area contributed by atoms with Gasteiger partial charge in [0.2, 0.25) is 0 Å². The van der Waals surface area contributed by atoms with E-state index in [1.807, 2.05) is 39.2 Å². The van der Waals surface area contributed by atoms with Gasteiger partial charge in [0.25, 0.3) is 0 Å². The van der Waals surface area contributed by atoms with Gasteiger partial charge in [-0.1, -0.05) is 24.0 Å². The number of ether oxygens (including phenoxy) is 1. The van der Waals surface area contributed by atoms with Gasteiger partial charge in [-0.2, -0.15) is 0 Å². The number of aromatic nitrogens is 2. The fourth-order valence-electron chi connectivity index (χ4n) is 4.62. The molecule has 4 rings (SSSR count). The molecule has 2 aliphatic heterocycles. The quantitative estimate of drug-likeness (QED) is 0.497. The second-order valence-electron chi connectivity index (χ2n) is 10.2. The van der Waals surface area contributed by atoms with Crippen LogP contribution in [0.2, 0.25) is 0 Å². The Hall–Kier alpha value is -2.44. The predicted molar refractivity (Wildman–Crippen MR) is 152 cm³/mol. The zero-order valence-corrected chi connectivity index (χ0v) is 24.3. The maximum Gasteiger partial charge on any atom is 0.410 e. The molecule has 37 heavy (non-hydrogen) atoms. The van der Waals surface area contributed by atoms with Crippen molar-refractivity contribution in [2.45, 2.75) is 56.6 Å². The van der Waals surface area contributed by atoms with Crippen molar-refractivity contribution in [3.05, 3.63) is 36.2 Å². The Bertz CT molecular complexity index is 1290. The van der Waals surface area contributed by atoms with Gasteiger partial charge in [0.15, 0.2) is 9.84 Å². The fourth-order valence-corrected chi connectivity index (χ4v) is 5.98. The van der Waals surface area contributed by atoms with E-state index in [1.54, 1.807) is 23.4 Å². The summed E-state index contributed by atoms with van der Waals surface area (Å²) in [5.74, 6) is 1.44. The first kappa shape index (κ1) is 27.6. The highest BCUT2D eigenvalue weighted by atomic mass is 32.2. The third-order valence-electron chi connectivity index (χ3n) is 6.39. The van der Waals surface area contributed by atoms with E-state index < -0.39 is 15.4 Å². The molecule has 0 atom stereocenters. The SMILES string of the molecule is CSC(=S)N(c1cc(N2CCc3cc(S(C)(=O)=O)ccc32)ncn1)C1CCN(C(=O)OC(C)(C)C)CC1. The van der Waals surface area contributed by atoms with Crippen molar-refractivity contribution in [3.8, 4) is 0 Å². The Labute approximate surface area is 228 Å². The summed E-state index contributed by atoms with van der Waals surface area (Å²) in [6.07, 6.45) is 6.62. The molecule has 0 bridgehead atoms. The smallest absolute Gasteiger partial charge is 0.410 e. The van der Waals surface area contributed by atoms with Crippen molar-refractivity contribution in [1.29, 1.82) is 0 Å². The minimum absolute atomic E-state index is 0.0876.